The molecule has 2 aliphatic rings. The van der Waals surface area contributed by atoms with Crippen LogP contribution in [0.2, 0.25) is 0 Å². The lowest BCUT2D eigenvalue weighted by molar-refractivity contribution is -0.123. The number of aryl methyl sites for hydroxylation is 2. The van der Waals surface area contributed by atoms with Gasteiger partial charge in [-0.3, -0.25) is 14.6 Å². The maximum absolute atomic E-state index is 13.3. The summed E-state index contributed by atoms with van der Waals surface area (Å²) in [7, 11) is 3.14. The fourth-order valence-corrected chi connectivity index (χ4v) is 4.31. The van der Waals surface area contributed by atoms with Crippen LogP contribution in [0.4, 0.5) is 5.69 Å². The minimum atomic E-state index is -0.873. The molecule has 2 aromatic carbocycles. The largest absolute Gasteiger partial charge is 0.497 e. The minimum Gasteiger partial charge on any atom is -0.497 e. The van der Waals surface area contributed by atoms with Crippen LogP contribution in [0.1, 0.15) is 23.9 Å². The molecule has 0 spiro atoms. The third-order valence-corrected chi connectivity index (χ3v) is 6.30. The van der Waals surface area contributed by atoms with E-state index in [4.69, 9.17) is 13.9 Å². The molecule has 1 aromatic heterocycles. The first-order chi connectivity index (χ1) is 16.9. The van der Waals surface area contributed by atoms with Crippen LogP contribution in [-0.2, 0) is 22.6 Å². The molecule has 35 heavy (non-hydrogen) atoms. The van der Waals surface area contributed by atoms with E-state index in [9.17, 15) is 9.59 Å². The van der Waals surface area contributed by atoms with E-state index < -0.39 is 12.1 Å². The molecule has 3 heterocycles. The van der Waals surface area contributed by atoms with E-state index in [-0.39, 0.29) is 18.4 Å². The maximum atomic E-state index is 13.3. The monoisotopic (exact) mass is 475 g/mol. The smallest absolute Gasteiger partial charge is 0.263 e. The first-order valence-corrected chi connectivity index (χ1v) is 11.3. The molecule has 2 amide bonds. The number of hydrogen-bond acceptors (Lipinski definition) is 9. The van der Waals surface area contributed by atoms with Crippen LogP contribution >= 0.6 is 0 Å². The number of ether oxygens (including phenoxy) is 2. The maximum Gasteiger partial charge on any atom is 0.263 e. The number of carbonyl (C=O) groups is 2. The highest BCUT2D eigenvalue weighted by molar-refractivity contribution is 6.25. The molecule has 10 heteroatoms. The Hall–Kier alpha value is -4.21. The molecule has 0 saturated carbocycles. The Balaban J connectivity index is 1.38. The molecular formula is C25H25N5O5. The predicted octanol–water partition coefficient (Wildman–Crippen LogP) is 3.72. The Morgan fingerprint density at radius 3 is 2.49 bits per heavy atom. The van der Waals surface area contributed by atoms with E-state index in [1.807, 2.05) is 19.1 Å². The van der Waals surface area contributed by atoms with Crippen molar-refractivity contribution in [3.63, 3.8) is 0 Å². The zero-order chi connectivity index (χ0) is 24.7. The molecule has 0 unspecified atom stereocenters. The summed E-state index contributed by atoms with van der Waals surface area (Å²) in [5.74, 6) is 1.41. The van der Waals surface area contributed by atoms with Gasteiger partial charge in [-0.05, 0) is 43.2 Å². The van der Waals surface area contributed by atoms with E-state index in [1.165, 1.54) is 9.91 Å². The van der Waals surface area contributed by atoms with Crippen molar-refractivity contribution in [2.24, 2.45) is 10.3 Å². The minimum absolute atomic E-state index is 0.167. The van der Waals surface area contributed by atoms with Gasteiger partial charge in [-0.15, -0.1) is 0 Å². The third kappa shape index (κ3) is 3.80. The highest BCUT2D eigenvalue weighted by Gasteiger charge is 2.54. The standard InChI is InChI=1S/C25H25N5O5/c1-5-15-6-8-16(9-7-15)30-24(31)21-22(25(30)32)29(28-27-21)13-19-14(2)35-23(26-19)18-11-10-17(33-3)12-20(18)34-4/h6-12,21-22H,5,13H2,1-4H3/t21-,22+/m0/s1. The molecule has 0 radical (unpaired) electrons. The molecule has 0 bridgehead atoms. The second-order valence-corrected chi connectivity index (χ2v) is 8.31. The highest BCUT2D eigenvalue weighted by atomic mass is 16.5. The summed E-state index contributed by atoms with van der Waals surface area (Å²) in [4.78, 5) is 32.1. The first-order valence-electron chi connectivity index (χ1n) is 11.3. The first kappa shape index (κ1) is 22.6. The summed E-state index contributed by atoms with van der Waals surface area (Å²) in [6, 6.07) is 11.1. The van der Waals surface area contributed by atoms with Crippen molar-refractivity contribution in [1.29, 1.82) is 0 Å². The topological polar surface area (TPSA) is 110 Å². The number of methoxy groups -OCH3 is 2. The molecule has 1 saturated heterocycles. The average molecular weight is 476 g/mol. The van der Waals surface area contributed by atoms with Gasteiger partial charge in [0, 0.05) is 6.07 Å². The van der Waals surface area contributed by atoms with E-state index in [0.29, 0.717) is 40.1 Å². The van der Waals surface area contributed by atoms with E-state index in [2.05, 4.69) is 15.3 Å². The Kier molecular flexibility index (Phi) is 5.72. The zero-order valence-corrected chi connectivity index (χ0v) is 19.9. The van der Waals surface area contributed by atoms with Gasteiger partial charge in [-0.25, -0.2) is 9.88 Å². The van der Waals surface area contributed by atoms with Gasteiger partial charge < -0.3 is 13.9 Å². The average Bonchev–Trinajstić information content (AvgIpc) is 3.54. The molecule has 180 valence electrons. The molecule has 5 rings (SSSR count). The molecule has 2 atom stereocenters. The Morgan fingerprint density at radius 1 is 1.03 bits per heavy atom. The number of carbonyl (C=O) groups excluding carboxylic acids is 2. The van der Waals surface area contributed by atoms with Gasteiger partial charge in [0.05, 0.1) is 32.0 Å². The summed E-state index contributed by atoms with van der Waals surface area (Å²) in [6.07, 6.45) is 0.872. The van der Waals surface area contributed by atoms with Crippen LogP contribution in [0.15, 0.2) is 57.2 Å². The fraction of sp³-hybridized carbons (Fsp3) is 0.320. The normalized spacial score (nSPS) is 19.0. The number of fused-ring (bicyclic) bond motifs is 1. The molecular weight excluding hydrogens is 450 g/mol. The number of imide groups is 1. The lowest BCUT2D eigenvalue weighted by Gasteiger charge is -2.20. The SMILES string of the molecule is CCc1ccc(N2C(=O)[C@H]3N=NN(Cc4nc(-c5ccc(OC)cc5OC)oc4C)[C@H]3C2=O)cc1. The molecule has 0 aliphatic carbocycles. The van der Waals surface area contributed by atoms with E-state index in [1.54, 1.807) is 51.5 Å². The van der Waals surface area contributed by atoms with Crippen LogP contribution < -0.4 is 14.4 Å². The summed E-state index contributed by atoms with van der Waals surface area (Å²) in [5.41, 5.74) is 2.91. The summed E-state index contributed by atoms with van der Waals surface area (Å²) in [5, 5.41) is 9.73. The lowest BCUT2D eigenvalue weighted by Crippen LogP contribution is -2.39. The number of benzene rings is 2. The van der Waals surface area contributed by atoms with Crippen LogP contribution in [0.5, 0.6) is 11.5 Å². The van der Waals surface area contributed by atoms with Gasteiger partial charge in [0.2, 0.25) is 5.89 Å². The second-order valence-electron chi connectivity index (χ2n) is 8.31. The van der Waals surface area contributed by atoms with Crippen LogP contribution in [0.3, 0.4) is 0 Å². The van der Waals surface area contributed by atoms with Gasteiger partial charge >= 0.3 is 0 Å². The van der Waals surface area contributed by atoms with Crippen molar-refractivity contribution >= 4 is 17.5 Å². The number of anilines is 1. The van der Waals surface area contributed by atoms with Crippen molar-refractivity contribution in [2.75, 3.05) is 19.1 Å². The zero-order valence-electron chi connectivity index (χ0n) is 19.9. The van der Waals surface area contributed by atoms with Crippen LogP contribution in [0.25, 0.3) is 11.5 Å². The summed E-state index contributed by atoms with van der Waals surface area (Å²) >= 11 is 0. The van der Waals surface area contributed by atoms with Crippen molar-refractivity contribution in [2.45, 2.75) is 38.9 Å². The number of oxazole rings is 1. The number of rotatable bonds is 7. The Morgan fingerprint density at radius 2 is 1.80 bits per heavy atom. The summed E-state index contributed by atoms with van der Waals surface area (Å²) < 4.78 is 16.6. The van der Waals surface area contributed by atoms with Gasteiger partial charge in [0.1, 0.15) is 23.0 Å². The molecule has 3 aromatic rings. The van der Waals surface area contributed by atoms with Gasteiger partial charge in [-0.1, -0.05) is 24.3 Å². The van der Waals surface area contributed by atoms with E-state index >= 15 is 0 Å². The molecule has 10 nitrogen and oxygen atoms in total. The second kappa shape index (κ2) is 8.86. The van der Waals surface area contributed by atoms with E-state index in [0.717, 1.165) is 12.0 Å². The predicted molar refractivity (Wildman–Crippen MR) is 126 cm³/mol. The Bertz CT molecular complexity index is 1320. The van der Waals surface area contributed by atoms with Crippen molar-refractivity contribution in [3.8, 4) is 23.0 Å². The van der Waals surface area contributed by atoms with Crippen LogP contribution in [0, 0.1) is 6.92 Å². The quantitative estimate of drug-likeness (QED) is 0.479. The number of hydrogen-bond donors (Lipinski definition) is 0. The summed E-state index contributed by atoms with van der Waals surface area (Å²) in [6.45, 7) is 4.00. The molecule has 2 aliphatic heterocycles. The number of nitrogens with zero attached hydrogens (tertiary/aromatic N) is 5. The third-order valence-electron chi connectivity index (χ3n) is 6.30. The number of aromatic nitrogens is 1. The van der Waals surface area contributed by atoms with Gasteiger partial charge in [0.15, 0.2) is 12.1 Å². The number of amides is 2. The van der Waals surface area contributed by atoms with Crippen molar-refractivity contribution in [1.82, 2.24) is 9.99 Å². The van der Waals surface area contributed by atoms with Gasteiger partial charge in [0.25, 0.3) is 11.8 Å². The van der Waals surface area contributed by atoms with Crippen LogP contribution in [-0.4, -0.2) is 48.1 Å². The molecule has 1 fully saturated rings. The molecule has 0 N–H and O–H groups in total. The fourth-order valence-electron chi connectivity index (χ4n) is 4.31. The van der Waals surface area contributed by atoms with Crippen molar-refractivity contribution in [3.05, 3.63) is 59.5 Å². The highest BCUT2D eigenvalue weighted by Crippen LogP contribution is 2.36. The lowest BCUT2D eigenvalue weighted by atomic mass is 10.1. The van der Waals surface area contributed by atoms with Gasteiger partial charge in [-0.2, -0.15) is 5.11 Å². The van der Waals surface area contributed by atoms with Crippen molar-refractivity contribution < 1.29 is 23.5 Å². The Labute approximate surface area is 202 Å².